The summed E-state index contributed by atoms with van der Waals surface area (Å²) in [6.45, 7) is 5.59. The van der Waals surface area contributed by atoms with Gasteiger partial charge in [0.25, 0.3) is 0 Å². The van der Waals surface area contributed by atoms with Gasteiger partial charge >= 0.3 is 0 Å². The van der Waals surface area contributed by atoms with Crippen LogP contribution in [0.1, 0.15) is 45.1 Å². The van der Waals surface area contributed by atoms with Crippen LogP contribution >= 0.6 is 0 Å². The number of nitrogen functional groups attached to an aromatic ring is 1. The summed E-state index contributed by atoms with van der Waals surface area (Å²) in [4.78, 5) is 2.53. The second-order valence-corrected chi connectivity index (χ2v) is 6.20. The SMILES string of the molecule is CC(C)CN(c1ccc(N)c(CC#N)c1)C1CCCC1. The molecule has 0 aromatic heterocycles. The Kier molecular flexibility index (Phi) is 4.89. The molecule has 0 unspecified atom stereocenters. The number of hydrogen-bond donors (Lipinski definition) is 1. The third kappa shape index (κ3) is 3.45. The monoisotopic (exact) mass is 271 g/mol. The van der Waals surface area contributed by atoms with Crippen molar-refractivity contribution in [3.8, 4) is 6.07 Å². The van der Waals surface area contributed by atoms with Gasteiger partial charge in [0.15, 0.2) is 0 Å². The van der Waals surface area contributed by atoms with Gasteiger partial charge in [-0.2, -0.15) is 5.26 Å². The van der Waals surface area contributed by atoms with Gasteiger partial charge in [0.05, 0.1) is 12.5 Å². The second-order valence-electron chi connectivity index (χ2n) is 6.20. The van der Waals surface area contributed by atoms with Crippen molar-refractivity contribution in [2.75, 3.05) is 17.2 Å². The van der Waals surface area contributed by atoms with Crippen LogP contribution in [0.5, 0.6) is 0 Å². The van der Waals surface area contributed by atoms with Gasteiger partial charge in [0.2, 0.25) is 0 Å². The van der Waals surface area contributed by atoms with Gasteiger partial charge in [-0.1, -0.05) is 26.7 Å². The largest absolute Gasteiger partial charge is 0.398 e. The number of rotatable bonds is 5. The van der Waals surface area contributed by atoms with E-state index in [-0.39, 0.29) is 0 Å². The van der Waals surface area contributed by atoms with Gasteiger partial charge in [0.1, 0.15) is 0 Å². The van der Waals surface area contributed by atoms with Crippen molar-refractivity contribution in [3.05, 3.63) is 23.8 Å². The molecule has 0 radical (unpaired) electrons. The van der Waals surface area contributed by atoms with Crippen molar-refractivity contribution in [1.29, 1.82) is 5.26 Å². The molecular weight excluding hydrogens is 246 g/mol. The van der Waals surface area contributed by atoms with Crippen LogP contribution in [-0.4, -0.2) is 12.6 Å². The fourth-order valence-corrected chi connectivity index (χ4v) is 3.08. The lowest BCUT2D eigenvalue weighted by Crippen LogP contribution is -2.36. The molecule has 2 rings (SSSR count). The summed E-state index contributed by atoms with van der Waals surface area (Å²) in [6.07, 6.45) is 5.62. The zero-order valence-corrected chi connectivity index (χ0v) is 12.6. The molecule has 0 amide bonds. The van der Waals surface area contributed by atoms with Crippen molar-refractivity contribution in [2.45, 2.75) is 52.0 Å². The lowest BCUT2D eigenvalue weighted by Gasteiger charge is -2.33. The first-order valence-corrected chi connectivity index (χ1v) is 7.63. The van der Waals surface area contributed by atoms with Crippen molar-refractivity contribution in [2.24, 2.45) is 5.92 Å². The minimum absolute atomic E-state index is 0.389. The van der Waals surface area contributed by atoms with Gasteiger partial charge < -0.3 is 10.6 Å². The fourth-order valence-electron chi connectivity index (χ4n) is 3.08. The number of benzene rings is 1. The van der Waals surface area contributed by atoms with E-state index in [0.29, 0.717) is 18.4 Å². The predicted octanol–water partition coefficient (Wildman–Crippen LogP) is 3.74. The minimum atomic E-state index is 0.389. The van der Waals surface area contributed by atoms with E-state index in [2.05, 4.69) is 36.9 Å². The van der Waals surface area contributed by atoms with E-state index in [1.807, 2.05) is 6.07 Å². The number of nitrogens with two attached hydrogens (primary N) is 1. The first kappa shape index (κ1) is 14.7. The molecule has 1 fully saturated rings. The first-order valence-electron chi connectivity index (χ1n) is 7.63. The lowest BCUT2D eigenvalue weighted by atomic mass is 10.1. The molecule has 1 aliphatic rings. The molecule has 1 aliphatic carbocycles. The Balaban J connectivity index is 2.27. The van der Waals surface area contributed by atoms with E-state index < -0.39 is 0 Å². The fraction of sp³-hybridized carbons (Fsp3) is 0.588. The van der Waals surface area contributed by atoms with Crippen molar-refractivity contribution in [3.63, 3.8) is 0 Å². The Hall–Kier alpha value is -1.69. The molecule has 1 aromatic rings. The molecular formula is C17H25N3. The molecule has 1 aromatic carbocycles. The zero-order valence-electron chi connectivity index (χ0n) is 12.6. The topological polar surface area (TPSA) is 53.0 Å². The summed E-state index contributed by atoms with van der Waals surface area (Å²) in [5.41, 5.74) is 8.87. The molecule has 0 bridgehead atoms. The average Bonchev–Trinajstić information content (AvgIpc) is 2.92. The summed E-state index contributed by atoms with van der Waals surface area (Å²) in [5.74, 6) is 0.632. The number of nitrogens with zero attached hydrogens (tertiary/aromatic N) is 2. The maximum absolute atomic E-state index is 8.91. The van der Waals surface area contributed by atoms with E-state index in [1.54, 1.807) is 0 Å². The summed E-state index contributed by atoms with van der Waals surface area (Å²) >= 11 is 0. The molecule has 1 saturated carbocycles. The Morgan fingerprint density at radius 3 is 2.65 bits per heavy atom. The molecule has 3 nitrogen and oxygen atoms in total. The van der Waals surface area contributed by atoms with E-state index in [0.717, 1.165) is 17.8 Å². The quantitative estimate of drug-likeness (QED) is 0.830. The summed E-state index contributed by atoms with van der Waals surface area (Å²) in [5, 5.41) is 8.91. The lowest BCUT2D eigenvalue weighted by molar-refractivity contribution is 0.536. The molecule has 0 saturated heterocycles. The normalized spacial score (nSPS) is 15.5. The van der Waals surface area contributed by atoms with Crippen molar-refractivity contribution >= 4 is 11.4 Å². The third-order valence-corrected chi connectivity index (χ3v) is 4.06. The van der Waals surface area contributed by atoms with E-state index >= 15 is 0 Å². The molecule has 2 N–H and O–H groups in total. The molecule has 0 atom stereocenters. The Morgan fingerprint density at radius 2 is 2.05 bits per heavy atom. The number of hydrogen-bond acceptors (Lipinski definition) is 3. The molecule has 108 valence electrons. The van der Waals surface area contributed by atoms with Gasteiger partial charge in [-0.25, -0.2) is 0 Å². The standard InChI is InChI=1S/C17H25N3/c1-13(2)12-20(15-5-3-4-6-15)16-7-8-17(19)14(11-16)9-10-18/h7-8,11,13,15H,3-6,9,12,19H2,1-2H3. The second kappa shape index (κ2) is 6.65. The number of nitriles is 1. The highest BCUT2D eigenvalue weighted by Crippen LogP contribution is 2.31. The van der Waals surface area contributed by atoms with Gasteiger partial charge in [-0.3, -0.25) is 0 Å². The average molecular weight is 271 g/mol. The van der Waals surface area contributed by atoms with E-state index in [1.165, 1.54) is 31.4 Å². The van der Waals surface area contributed by atoms with Crippen LogP contribution in [0, 0.1) is 17.2 Å². The molecule has 0 heterocycles. The Labute approximate surface area is 122 Å². The van der Waals surface area contributed by atoms with Crippen LogP contribution in [0.15, 0.2) is 18.2 Å². The van der Waals surface area contributed by atoms with Crippen LogP contribution in [0.4, 0.5) is 11.4 Å². The maximum atomic E-state index is 8.91. The van der Waals surface area contributed by atoms with Crippen LogP contribution < -0.4 is 10.6 Å². The van der Waals surface area contributed by atoms with Gasteiger partial charge in [-0.15, -0.1) is 0 Å². The highest BCUT2D eigenvalue weighted by Gasteiger charge is 2.23. The van der Waals surface area contributed by atoms with Crippen LogP contribution in [-0.2, 0) is 6.42 Å². The van der Waals surface area contributed by atoms with E-state index in [4.69, 9.17) is 11.0 Å². The molecule has 0 aliphatic heterocycles. The Morgan fingerprint density at radius 1 is 1.35 bits per heavy atom. The predicted molar refractivity (Wildman–Crippen MR) is 84.6 cm³/mol. The summed E-state index contributed by atoms with van der Waals surface area (Å²) in [7, 11) is 0. The number of anilines is 2. The third-order valence-electron chi connectivity index (χ3n) is 4.06. The van der Waals surface area contributed by atoms with Crippen molar-refractivity contribution < 1.29 is 0 Å². The maximum Gasteiger partial charge on any atom is 0.0670 e. The Bertz CT molecular complexity index is 481. The first-order chi connectivity index (χ1) is 9.61. The van der Waals surface area contributed by atoms with Crippen LogP contribution in [0.2, 0.25) is 0 Å². The zero-order chi connectivity index (χ0) is 14.5. The molecule has 0 spiro atoms. The van der Waals surface area contributed by atoms with Crippen LogP contribution in [0.3, 0.4) is 0 Å². The molecule has 20 heavy (non-hydrogen) atoms. The smallest absolute Gasteiger partial charge is 0.0670 e. The minimum Gasteiger partial charge on any atom is -0.398 e. The van der Waals surface area contributed by atoms with Gasteiger partial charge in [-0.05, 0) is 42.5 Å². The van der Waals surface area contributed by atoms with Crippen LogP contribution in [0.25, 0.3) is 0 Å². The highest BCUT2D eigenvalue weighted by atomic mass is 15.2. The summed E-state index contributed by atoms with van der Waals surface area (Å²) < 4.78 is 0. The molecule has 3 heteroatoms. The van der Waals surface area contributed by atoms with Gasteiger partial charge in [0, 0.05) is 24.0 Å². The van der Waals surface area contributed by atoms with Crippen molar-refractivity contribution in [1.82, 2.24) is 0 Å². The highest BCUT2D eigenvalue weighted by molar-refractivity contribution is 5.59. The van der Waals surface area contributed by atoms with E-state index in [9.17, 15) is 0 Å². The summed E-state index contributed by atoms with van der Waals surface area (Å²) in [6, 6.07) is 9.02.